The second kappa shape index (κ2) is 8.72. The average Bonchev–Trinajstić information content (AvgIpc) is 2.96. The zero-order valence-corrected chi connectivity index (χ0v) is 15.2. The summed E-state index contributed by atoms with van der Waals surface area (Å²) in [4.78, 5) is 29.1. The van der Waals surface area contributed by atoms with E-state index < -0.39 is 35.2 Å². The van der Waals surface area contributed by atoms with Crippen LogP contribution in [0.15, 0.2) is 18.2 Å². The molecule has 0 bridgehead atoms. The van der Waals surface area contributed by atoms with Crippen LogP contribution in [0.25, 0.3) is 0 Å². The molecular weight excluding hydrogens is 374 g/mol. The maximum absolute atomic E-state index is 11.9. The van der Waals surface area contributed by atoms with E-state index >= 15 is 0 Å². The SMILES string of the molecule is CCOC(=O)C1CC(c2cc(C(=O)OC)ccc2CS(=O)[O-])ON1Cl. The van der Waals surface area contributed by atoms with Gasteiger partial charge >= 0.3 is 11.9 Å². The Morgan fingerprint density at radius 1 is 1.48 bits per heavy atom. The van der Waals surface area contributed by atoms with Gasteiger partial charge in [-0.05, 0) is 30.2 Å². The summed E-state index contributed by atoms with van der Waals surface area (Å²) >= 11 is 3.60. The zero-order chi connectivity index (χ0) is 18.6. The highest BCUT2D eigenvalue weighted by Crippen LogP contribution is 2.37. The second-order valence-corrected chi connectivity index (χ2v) is 6.45. The van der Waals surface area contributed by atoms with E-state index in [0.717, 1.165) is 4.58 Å². The van der Waals surface area contributed by atoms with Crippen molar-refractivity contribution in [3.8, 4) is 0 Å². The molecule has 1 aromatic rings. The summed E-state index contributed by atoms with van der Waals surface area (Å²) in [6, 6.07) is 3.63. The van der Waals surface area contributed by atoms with Crippen molar-refractivity contribution < 1.29 is 32.7 Å². The van der Waals surface area contributed by atoms with Crippen LogP contribution in [0.1, 0.15) is 40.9 Å². The molecule has 1 aliphatic rings. The molecule has 3 unspecified atom stereocenters. The number of hydroxylamine groups is 1. The monoisotopic (exact) mass is 390 g/mol. The number of methoxy groups -OCH3 is 1. The molecule has 0 radical (unpaired) electrons. The van der Waals surface area contributed by atoms with E-state index in [1.54, 1.807) is 6.92 Å². The van der Waals surface area contributed by atoms with Crippen molar-refractivity contribution in [3.63, 3.8) is 0 Å². The Morgan fingerprint density at radius 3 is 2.80 bits per heavy atom. The van der Waals surface area contributed by atoms with Gasteiger partial charge in [0, 0.05) is 24.0 Å². The summed E-state index contributed by atoms with van der Waals surface area (Å²) in [5.41, 5.74) is 1.13. The van der Waals surface area contributed by atoms with Gasteiger partial charge in [-0.3, -0.25) is 13.8 Å². The molecule has 138 valence electrons. The fourth-order valence-corrected chi connectivity index (χ4v) is 3.30. The predicted molar refractivity (Wildman–Crippen MR) is 87.0 cm³/mol. The van der Waals surface area contributed by atoms with Gasteiger partial charge in [0.2, 0.25) is 0 Å². The summed E-state index contributed by atoms with van der Waals surface area (Å²) in [6.07, 6.45) is -0.541. The number of rotatable bonds is 6. The Bertz CT molecular complexity index is 684. The van der Waals surface area contributed by atoms with Gasteiger partial charge in [0.1, 0.15) is 6.10 Å². The quantitative estimate of drug-likeness (QED) is 0.410. The lowest BCUT2D eigenvalue weighted by Crippen LogP contribution is -2.30. The molecular formula is C15H17ClNO7S-. The summed E-state index contributed by atoms with van der Waals surface area (Å²) in [5, 5.41) is 0. The third-order valence-corrected chi connectivity index (χ3v) is 4.52. The van der Waals surface area contributed by atoms with Crippen LogP contribution in [0, 0.1) is 0 Å². The van der Waals surface area contributed by atoms with Gasteiger partial charge in [-0.2, -0.15) is 0 Å². The Labute approximate surface area is 152 Å². The maximum atomic E-state index is 11.9. The number of carbonyl (C=O) groups excluding carboxylic acids is 2. The average molecular weight is 391 g/mol. The summed E-state index contributed by atoms with van der Waals surface area (Å²) in [5.74, 6) is -1.37. The van der Waals surface area contributed by atoms with E-state index in [2.05, 4.69) is 4.74 Å². The summed E-state index contributed by atoms with van der Waals surface area (Å²) in [6.45, 7) is 1.87. The number of hydrogen-bond donors (Lipinski definition) is 0. The first kappa shape index (κ1) is 19.8. The first-order valence-corrected chi connectivity index (χ1v) is 9.01. The smallest absolute Gasteiger partial charge is 0.337 e. The molecule has 1 heterocycles. The minimum atomic E-state index is -2.34. The van der Waals surface area contributed by atoms with Crippen molar-refractivity contribution in [3.05, 3.63) is 34.9 Å². The molecule has 1 aliphatic heterocycles. The molecule has 0 saturated carbocycles. The van der Waals surface area contributed by atoms with Crippen LogP contribution < -0.4 is 0 Å². The van der Waals surface area contributed by atoms with Crippen molar-refractivity contribution in [2.24, 2.45) is 0 Å². The van der Waals surface area contributed by atoms with Gasteiger partial charge in [-0.1, -0.05) is 21.7 Å². The minimum Gasteiger partial charge on any atom is -0.772 e. The number of hydrogen-bond acceptors (Lipinski definition) is 8. The molecule has 1 saturated heterocycles. The number of carbonyl (C=O) groups is 2. The van der Waals surface area contributed by atoms with Crippen LogP contribution in [0.5, 0.6) is 0 Å². The Kier molecular flexibility index (Phi) is 6.91. The number of halogens is 1. The molecule has 1 fully saturated rings. The summed E-state index contributed by atoms with van der Waals surface area (Å²) < 4.78 is 32.7. The summed E-state index contributed by atoms with van der Waals surface area (Å²) in [7, 11) is 1.24. The zero-order valence-electron chi connectivity index (χ0n) is 13.6. The van der Waals surface area contributed by atoms with E-state index in [4.69, 9.17) is 21.4 Å². The van der Waals surface area contributed by atoms with Crippen molar-refractivity contribution in [1.29, 1.82) is 0 Å². The highest BCUT2D eigenvalue weighted by atomic mass is 35.5. The van der Waals surface area contributed by atoms with Crippen LogP contribution >= 0.6 is 11.8 Å². The molecule has 0 aliphatic carbocycles. The van der Waals surface area contributed by atoms with Crippen molar-refractivity contribution >= 4 is 34.8 Å². The Balaban J connectivity index is 2.33. The lowest BCUT2D eigenvalue weighted by molar-refractivity contribution is -0.156. The lowest BCUT2D eigenvalue weighted by Gasteiger charge is -2.17. The molecule has 25 heavy (non-hydrogen) atoms. The molecule has 0 N–H and O–H groups in total. The number of benzene rings is 1. The maximum Gasteiger partial charge on any atom is 0.337 e. The van der Waals surface area contributed by atoms with E-state index in [0.29, 0.717) is 11.1 Å². The highest BCUT2D eigenvalue weighted by molar-refractivity contribution is 7.78. The van der Waals surface area contributed by atoms with Crippen LogP contribution in [0.3, 0.4) is 0 Å². The fourth-order valence-electron chi connectivity index (χ4n) is 2.52. The van der Waals surface area contributed by atoms with Crippen LogP contribution in [-0.2, 0) is 35.9 Å². The second-order valence-electron chi connectivity index (χ2n) is 5.22. The first-order valence-electron chi connectivity index (χ1n) is 7.42. The molecule has 0 aromatic heterocycles. The molecule has 2 rings (SSSR count). The van der Waals surface area contributed by atoms with Crippen molar-refractivity contribution in [2.45, 2.75) is 31.2 Å². The molecule has 1 aromatic carbocycles. The molecule has 0 spiro atoms. The van der Waals surface area contributed by atoms with E-state index in [1.165, 1.54) is 25.3 Å². The first-order chi connectivity index (χ1) is 11.9. The minimum absolute atomic E-state index is 0.158. The molecule has 3 atom stereocenters. The Hall–Kier alpha value is -1.52. The highest BCUT2D eigenvalue weighted by Gasteiger charge is 2.40. The molecule has 10 heteroatoms. The van der Waals surface area contributed by atoms with E-state index in [9.17, 15) is 18.4 Å². The fraction of sp³-hybridized carbons (Fsp3) is 0.467. The largest absolute Gasteiger partial charge is 0.772 e. The van der Waals surface area contributed by atoms with Gasteiger partial charge in [0.05, 0.1) is 19.3 Å². The standard InChI is InChI=1S/C15H18ClNO7S/c1-3-23-15(19)12-7-13(24-17(12)16)11-6-9(14(18)22-2)4-5-10(11)8-25(20)21/h4-6,12-13H,3,7-8H2,1-2H3,(H,20,21)/p-1. The third kappa shape index (κ3) is 4.77. The number of ether oxygens (including phenoxy) is 2. The van der Waals surface area contributed by atoms with Crippen LogP contribution in [0.2, 0.25) is 0 Å². The number of nitrogens with zero attached hydrogens (tertiary/aromatic N) is 1. The molecule has 8 nitrogen and oxygen atoms in total. The van der Waals surface area contributed by atoms with Crippen molar-refractivity contribution in [1.82, 2.24) is 4.58 Å². The third-order valence-electron chi connectivity index (χ3n) is 3.66. The Morgan fingerprint density at radius 2 is 2.20 bits per heavy atom. The van der Waals surface area contributed by atoms with Crippen molar-refractivity contribution in [2.75, 3.05) is 13.7 Å². The lowest BCUT2D eigenvalue weighted by atomic mass is 9.97. The van der Waals surface area contributed by atoms with Gasteiger partial charge in [0.25, 0.3) is 0 Å². The van der Waals surface area contributed by atoms with Gasteiger partial charge in [-0.15, -0.1) is 0 Å². The van der Waals surface area contributed by atoms with E-state index in [1.807, 2.05) is 0 Å². The van der Waals surface area contributed by atoms with Gasteiger partial charge in [-0.25, -0.2) is 4.79 Å². The van der Waals surface area contributed by atoms with Crippen LogP contribution in [0.4, 0.5) is 0 Å². The van der Waals surface area contributed by atoms with E-state index in [-0.39, 0.29) is 24.3 Å². The van der Waals surface area contributed by atoms with Gasteiger partial charge in [0.15, 0.2) is 6.04 Å². The normalized spacial score (nSPS) is 21.8. The topological polar surface area (TPSA) is 105 Å². The predicted octanol–water partition coefficient (Wildman–Crippen LogP) is 1.62. The van der Waals surface area contributed by atoms with Gasteiger partial charge < -0.3 is 14.0 Å². The number of esters is 2. The van der Waals surface area contributed by atoms with Crippen LogP contribution in [-0.4, -0.2) is 45.0 Å². The molecule has 0 amide bonds.